The van der Waals surface area contributed by atoms with Gasteiger partial charge in [-0.25, -0.2) is 9.18 Å². The van der Waals surface area contributed by atoms with E-state index < -0.39 is 17.4 Å². The molecule has 6 heteroatoms. The van der Waals surface area contributed by atoms with E-state index in [1.165, 1.54) is 18.2 Å². The number of halogens is 2. The lowest BCUT2D eigenvalue weighted by Gasteiger charge is -2.11. The molecule has 2 aromatic carbocycles. The summed E-state index contributed by atoms with van der Waals surface area (Å²) in [6.45, 7) is -0.120. The van der Waals surface area contributed by atoms with Crippen molar-refractivity contribution in [1.82, 2.24) is 0 Å². The van der Waals surface area contributed by atoms with Gasteiger partial charge in [-0.3, -0.25) is 0 Å². The summed E-state index contributed by atoms with van der Waals surface area (Å²) in [6.07, 6.45) is 1.20. The van der Waals surface area contributed by atoms with Crippen LogP contribution in [-0.2, 0) is 11.4 Å². The maximum absolute atomic E-state index is 13.7. The Morgan fingerprint density at radius 1 is 1.30 bits per heavy atom. The molecule has 2 rings (SSSR count). The molecular weight excluding hydrogens is 321 g/mol. The summed E-state index contributed by atoms with van der Waals surface area (Å²) in [6, 6.07) is 12.5. The standard InChI is InChI=1S/C17H11ClFNO3/c18-14-5-3-6-15(19)13(14)10-23-16-7-2-1-4-11(16)8-12(9-20)17(21)22/h1-8H,10H2,(H,21,22). The largest absolute Gasteiger partial charge is 0.488 e. The highest BCUT2D eigenvalue weighted by Crippen LogP contribution is 2.25. The topological polar surface area (TPSA) is 70.3 Å². The Morgan fingerprint density at radius 2 is 2.04 bits per heavy atom. The number of ether oxygens (including phenoxy) is 1. The predicted molar refractivity (Wildman–Crippen MR) is 83.4 cm³/mol. The third-order valence-corrected chi connectivity index (χ3v) is 3.36. The maximum atomic E-state index is 13.7. The van der Waals surface area contributed by atoms with E-state index >= 15 is 0 Å². The molecule has 0 saturated carbocycles. The highest BCUT2D eigenvalue weighted by atomic mass is 35.5. The SMILES string of the molecule is N#CC(=Cc1ccccc1OCc1c(F)cccc1Cl)C(=O)O. The molecule has 0 aliphatic carbocycles. The molecule has 0 spiro atoms. The van der Waals surface area contributed by atoms with E-state index in [4.69, 9.17) is 26.7 Å². The molecule has 0 amide bonds. The van der Waals surface area contributed by atoms with Gasteiger partial charge in [0.2, 0.25) is 0 Å². The molecule has 23 heavy (non-hydrogen) atoms. The molecule has 116 valence electrons. The monoisotopic (exact) mass is 331 g/mol. The van der Waals surface area contributed by atoms with E-state index in [2.05, 4.69) is 0 Å². The van der Waals surface area contributed by atoms with Crippen LogP contribution in [0.3, 0.4) is 0 Å². The van der Waals surface area contributed by atoms with Gasteiger partial charge in [0.1, 0.15) is 29.8 Å². The van der Waals surface area contributed by atoms with Crippen LogP contribution in [0, 0.1) is 17.1 Å². The average molecular weight is 332 g/mol. The van der Waals surface area contributed by atoms with E-state index in [1.54, 1.807) is 36.4 Å². The van der Waals surface area contributed by atoms with Crippen molar-refractivity contribution in [2.45, 2.75) is 6.61 Å². The van der Waals surface area contributed by atoms with Crippen LogP contribution in [0.25, 0.3) is 6.08 Å². The van der Waals surface area contributed by atoms with Crippen molar-refractivity contribution in [2.24, 2.45) is 0 Å². The number of carboxylic acids is 1. The average Bonchev–Trinajstić information content (AvgIpc) is 2.53. The van der Waals surface area contributed by atoms with Crippen LogP contribution in [-0.4, -0.2) is 11.1 Å². The zero-order valence-electron chi connectivity index (χ0n) is 11.8. The highest BCUT2D eigenvalue weighted by Gasteiger charge is 2.11. The predicted octanol–water partition coefficient (Wildman–Crippen LogP) is 4.05. The Morgan fingerprint density at radius 3 is 2.70 bits per heavy atom. The van der Waals surface area contributed by atoms with Crippen molar-refractivity contribution < 1.29 is 19.0 Å². The second kappa shape index (κ2) is 7.43. The lowest BCUT2D eigenvalue weighted by Crippen LogP contribution is -2.01. The molecule has 0 unspecified atom stereocenters. The molecule has 0 aromatic heterocycles. The van der Waals surface area contributed by atoms with Crippen LogP contribution in [0.2, 0.25) is 5.02 Å². The Kier molecular flexibility index (Phi) is 5.34. The zero-order valence-corrected chi connectivity index (χ0v) is 12.5. The molecule has 0 fully saturated rings. The lowest BCUT2D eigenvalue weighted by atomic mass is 10.1. The molecule has 0 saturated heterocycles. The Bertz CT molecular complexity index is 791. The minimum atomic E-state index is -1.33. The number of nitriles is 1. The number of carbonyl (C=O) groups is 1. The summed E-state index contributed by atoms with van der Waals surface area (Å²) in [5.41, 5.74) is 0.176. The molecule has 0 aliphatic heterocycles. The number of carboxylic acid groups (broad SMARTS) is 1. The third-order valence-electron chi connectivity index (χ3n) is 3.00. The minimum Gasteiger partial charge on any atom is -0.488 e. The van der Waals surface area contributed by atoms with Gasteiger partial charge >= 0.3 is 5.97 Å². The summed E-state index contributed by atoms with van der Waals surface area (Å²) in [4.78, 5) is 10.9. The number of rotatable bonds is 5. The van der Waals surface area contributed by atoms with Crippen LogP contribution in [0.4, 0.5) is 4.39 Å². The summed E-state index contributed by atoms with van der Waals surface area (Å²) in [5.74, 6) is -1.51. The van der Waals surface area contributed by atoms with Gasteiger partial charge in [-0.15, -0.1) is 0 Å². The Balaban J connectivity index is 2.29. The van der Waals surface area contributed by atoms with Crippen LogP contribution in [0.15, 0.2) is 48.0 Å². The summed E-state index contributed by atoms with van der Waals surface area (Å²) >= 11 is 5.93. The normalized spacial score (nSPS) is 10.9. The first-order valence-corrected chi connectivity index (χ1v) is 6.90. The quantitative estimate of drug-likeness (QED) is 0.662. The molecule has 0 aliphatic rings. The van der Waals surface area contributed by atoms with E-state index in [9.17, 15) is 9.18 Å². The number of hydrogen-bond acceptors (Lipinski definition) is 3. The molecule has 0 atom stereocenters. The second-order valence-corrected chi connectivity index (χ2v) is 4.91. The van der Waals surface area contributed by atoms with Gasteiger partial charge in [-0.2, -0.15) is 5.26 Å². The smallest absolute Gasteiger partial charge is 0.346 e. The van der Waals surface area contributed by atoms with Crippen molar-refractivity contribution in [1.29, 1.82) is 5.26 Å². The number of hydrogen-bond donors (Lipinski definition) is 1. The molecule has 0 bridgehead atoms. The lowest BCUT2D eigenvalue weighted by molar-refractivity contribution is -0.132. The fraction of sp³-hybridized carbons (Fsp3) is 0.0588. The first kappa shape index (κ1) is 16.5. The molecular formula is C17H11ClFNO3. The number of nitrogens with zero attached hydrogens (tertiary/aromatic N) is 1. The fourth-order valence-electron chi connectivity index (χ4n) is 1.85. The second-order valence-electron chi connectivity index (χ2n) is 4.50. The summed E-state index contributed by atoms with van der Waals surface area (Å²) in [7, 11) is 0. The van der Waals surface area contributed by atoms with Gasteiger partial charge in [0.05, 0.1) is 5.02 Å². The van der Waals surface area contributed by atoms with E-state index in [-0.39, 0.29) is 17.2 Å². The highest BCUT2D eigenvalue weighted by molar-refractivity contribution is 6.31. The third kappa shape index (κ3) is 4.09. The van der Waals surface area contributed by atoms with Gasteiger partial charge in [0.15, 0.2) is 0 Å². The maximum Gasteiger partial charge on any atom is 0.346 e. The van der Waals surface area contributed by atoms with Gasteiger partial charge in [-0.1, -0.05) is 35.9 Å². The zero-order chi connectivity index (χ0) is 16.8. The first-order valence-electron chi connectivity index (χ1n) is 6.52. The van der Waals surface area contributed by atoms with Gasteiger partial charge in [-0.05, 0) is 24.3 Å². The van der Waals surface area contributed by atoms with Crippen molar-refractivity contribution in [3.63, 3.8) is 0 Å². The number of benzene rings is 2. The molecule has 0 radical (unpaired) electrons. The Hall–Kier alpha value is -2.84. The van der Waals surface area contributed by atoms with Crippen molar-refractivity contribution in [3.05, 3.63) is 70.0 Å². The fourth-order valence-corrected chi connectivity index (χ4v) is 2.07. The van der Waals surface area contributed by atoms with Crippen molar-refractivity contribution >= 4 is 23.6 Å². The van der Waals surface area contributed by atoms with E-state index in [1.807, 2.05) is 0 Å². The summed E-state index contributed by atoms with van der Waals surface area (Å²) < 4.78 is 19.3. The first-order chi connectivity index (χ1) is 11.0. The van der Waals surface area contributed by atoms with E-state index in [0.29, 0.717) is 11.3 Å². The van der Waals surface area contributed by atoms with Gasteiger partial charge in [0, 0.05) is 11.1 Å². The summed E-state index contributed by atoms with van der Waals surface area (Å²) in [5, 5.41) is 18.0. The van der Waals surface area contributed by atoms with Crippen molar-refractivity contribution in [3.8, 4) is 11.8 Å². The number of aliphatic carboxylic acids is 1. The van der Waals surface area contributed by atoms with Crippen LogP contribution in [0.1, 0.15) is 11.1 Å². The molecule has 0 heterocycles. The van der Waals surface area contributed by atoms with Gasteiger partial charge in [0.25, 0.3) is 0 Å². The van der Waals surface area contributed by atoms with Crippen LogP contribution in [0.5, 0.6) is 5.75 Å². The molecule has 4 nitrogen and oxygen atoms in total. The van der Waals surface area contributed by atoms with Crippen LogP contribution >= 0.6 is 11.6 Å². The van der Waals surface area contributed by atoms with Crippen molar-refractivity contribution in [2.75, 3.05) is 0 Å². The molecule has 1 N–H and O–H groups in total. The minimum absolute atomic E-state index is 0.120. The number of para-hydroxylation sites is 1. The Labute approximate surface area is 137 Å². The van der Waals surface area contributed by atoms with Crippen LogP contribution < -0.4 is 4.74 Å². The van der Waals surface area contributed by atoms with Gasteiger partial charge < -0.3 is 9.84 Å². The van der Waals surface area contributed by atoms with E-state index in [0.717, 1.165) is 0 Å². The molecule has 2 aromatic rings.